The number of rotatable bonds is 4. The number of benzene rings is 2. The molecule has 18 heavy (non-hydrogen) atoms. The molecule has 4 heteroatoms. The molecule has 92 valence electrons. The number of para-hydroxylation sites is 1. The Hall–Kier alpha value is -2.33. The van der Waals surface area contributed by atoms with Crippen LogP contribution in [-0.4, -0.2) is 16.2 Å². The predicted octanol–water partition coefficient (Wildman–Crippen LogP) is 2.67. The second-order valence-corrected chi connectivity index (χ2v) is 3.70. The average molecular weight is 244 g/mol. The average Bonchev–Trinajstić information content (AvgIpc) is 2.40. The highest BCUT2D eigenvalue weighted by Crippen LogP contribution is 2.26. The quantitative estimate of drug-likeness (QED) is 0.867. The number of hydrogen-bond acceptors (Lipinski definition) is 3. The summed E-state index contributed by atoms with van der Waals surface area (Å²) in [6, 6.07) is 13.5. The summed E-state index contributed by atoms with van der Waals surface area (Å²) < 4.78 is 5.58. The number of carboxylic acid groups (broad SMARTS) is 1. The highest BCUT2D eigenvalue weighted by molar-refractivity contribution is 5.88. The second-order valence-electron chi connectivity index (χ2n) is 3.70. The summed E-state index contributed by atoms with van der Waals surface area (Å²) in [4.78, 5) is 10.8. The minimum absolute atomic E-state index is 0.125. The standard InChI is InChI=1S/C14H12O4/c15-9-11-8-10(14(16)17)6-7-13(11)18-12-4-2-1-3-5-12/h1-8,15H,9H2,(H,16,17). The Morgan fingerprint density at radius 3 is 2.44 bits per heavy atom. The van der Waals surface area contributed by atoms with E-state index >= 15 is 0 Å². The smallest absolute Gasteiger partial charge is 0.335 e. The molecule has 2 aromatic rings. The lowest BCUT2D eigenvalue weighted by atomic mass is 10.1. The molecule has 0 saturated heterocycles. The maximum absolute atomic E-state index is 10.8. The summed E-state index contributed by atoms with van der Waals surface area (Å²) in [6.45, 7) is -0.275. The van der Waals surface area contributed by atoms with Crippen molar-refractivity contribution in [3.8, 4) is 11.5 Å². The topological polar surface area (TPSA) is 66.8 Å². The molecule has 0 atom stereocenters. The molecule has 0 aliphatic heterocycles. The van der Waals surface area contributed by atoms with Gasteiger partial charge in [-0.05, 0) is 30.3 Å². The van der Waals surface area contributed by atoms with Gasteiger partial charge in [-0.1, -0.05) is 18.2 Å². The van der Waals surface area contributed by atoms with Gasteiger partial charge in [0.25, 0.3) is 0 Å². The lowest BCUT2D eigenvalue weighted by molar-refractivity contribution is 0.0696. The molecule has 2 N–H and O–H groups in total. The van der Waals surface area contributed by atoms with Gasteiger partial charge in [-0.15, -0.1) is 0 Å². The Balaban J connectivity index is 2.31. The van der Waals surface area contributed by atoms with Gasteiger partial charge in [-0.25, -0.2) is 4.79 Å². The minimum Gasteiger partial charge on any atom is -0.478 e. The molecule has 4 nitrogen and oxygen atoms in total. The van der Waals surface area contributed by atoms with E-state index in [9.17, 15) is 9.90 Å². The molecule has 0 radical (unpaired) electrons. The van der Waals surface area contributed by atoms with Gasteiger partial charge in [0.15, 0.2) is 0 Å². The molecule has 0 amide bonds. The van der Waals surface area contributed by atoms with Crippen LogP contribution in [0.2, 0.25) is 0 Å². The largest absolute Gasteiger partial charge is 0.478 e. The SMILES string of the molecule is O=C(O)c1ccc(Oc2ccccc2)c(CO)c1. The van der Waals surface area contributed by atoms with E-state index < -0.39 is 5.97 Å². The molecule has 0 fully saturated rings. The number of aromatic carboxylic acids is 1. The Morgan fingerprint density at radius 1 is 1.11 bits per heavy atom. The Labute approximate surface area is 104 Å². The van der Waals surface area contributed by atoms with Crippen LogP contribution in [0.15, 0.2) is 48.5 Å². The first-order valence-corrected chi connectivity index (χ1v) is 5.40. The molecular formula is C14H12O4. The summed E-state index contributed by atoms with van der Waals surface area (Å²) in [7, 11) is 0. The fourth-order valence-corrected chi connectivity index (χ4v) is 1.55. The summed E-state index contributed by atoms with van der Waals surface area (Å²) in [5, 5.41) is 18.1. The number of carboxylic acids is 1. The zero-order valence-electron chi connectivity index (χ0n) is 9.54. The molecule has 0 aliphatic rings. The molecule has 0 unspecified atom stereocenters. The van der Waals surface area contributed by atoms with Crippen molar-refractivity contribution in [1.29, 1.82) is 0 Å². The van der Waals surface area contributed by atoms with Crippen LogP contribution in [0.3, 0.4) is 0 Å². The van der Waals surface area contributed by atoms with E-state index in [0.29, 0.717) is 17.1 Å². The van der Waals surface area contributed by atoms with E-state index in [2.05, 4.69) is 0 Å². The third-order valence-electron chi connectivity index (χ3n) is 2.45. The van der Waals surface area contributed by atoms with Crippen molar-refractivity contribution in [2.24, 2.45) is 0 Å². The van der Waals surface area contributed by atoms with Crippen molar-refractivity contribution in [3.05, 3.63) is 59.7 Å². The molecule has 0 spiro atoms. The zero-order chi connectivity index (χ0) is 13.0. The van der Waals surface area contributed by atoms with Crippen LogP contribution in [-0.2, 0) is 6.61 Å². The summed E-state index contributed by atoms with van der Waals surface area (Å²) in [6.07, 6.45) is 0. The summed E-state index contributed by atoms with van der Waals surface area (Å²) >= 11 is 0. The second kappa shape index (κ2) is 5.33. The first kappa shape index (κ1) is 12.1. The monoisotopic (exact) mass is 244 g/mol. The van der Waals surface area contributed by atoms with E-state index in [1.54, 1.807) is 18.2 Å². The van der Waals surface area contributed by atoms with Gasteiger partial charge in [-0.2, -0.15) is 0 Å². The third kappa shape index (κ3) is 2.67. The Bertz CT molecular complexity index is 549. The number of carbonyl (C=O) groups is 1. The van der Waals surface area contributed by atoms with Crippen LogP contribution in [0.25, 0.3) is 0 Å². The first-order valence-electron chi connectivity index (χ1n) is 5.40. The fraction of sp³-hybridized carbons (Fsp3) is 0.0714. The predicted molar refractivity (Wildman–Crippen MR) is 65.8 cm³/mol. The van der Waals surface area contributed by atoms with Crippen LogP contribution in [0.1, 0.15) is 15.9 Å². The molecule has 2 rings (SSSR count). The minimum atomic E-state index is -1.03. The fourth-order valence-electron chi connectivity index (χ4n) is 1.55. The Morgan fingerprint density at radius 2 is 1.83 bits per heavy atom. The third-order valence-corrected chi connectivity index (χ3v) is 2.45. The van der Waals surface area contributed by atoms with Gasteiger partial charge >= 0.3 is 5.97 Å². The maximum atomic E-state index is 10.8. The lowest BCUT2D eigenvalue weighted by Crippen LogP contribution is -1.99. The molecule has 0 aliphatic carbocycles. The zero-order valence-corrected chi connectivity index (χ0v) is 9.54. The van der Waals surface area contributed by atoms with E-state index in [-0.39, 0.29) is 12.2 Å². The highest BCUT2D eigenvalue weighted by atomic mass is 16.5. The van der Waals surface area contributed by atoms with Crippen molar-refractivity contribution in [1.82, 2.24) is 0 Å². The van der Waals surface area contributed by atoms with Gasteiger partial charge in [0.05, 0.1) is 12.2 Å². The molecule has 0 aromatic heterocycles. The van der Waals surface area contributed by atoms with E-state index in [4.69, 9.17) is 9.84 Å². The number of aliphatic hydroxyl groups excluding tert-OH is 1. The van der Waals surface area contributed by atoms with Crippen molar-refractivity contribution in [2.75, 3.05) is 0 Å². The first-order chi connectivity index (χ1) is 8.70. The van der Waals surface area contributed by atoms with Crippen molar-refractivity contribution >= 4 is 5.97 Å². The van der Waals surface area contributed by atoms with Crippen molar-refractivity contribution in [2.45, 2.75) is 6.61 Å². The normalized spacial score (nSPS) is 10.1. The van der Waals surface area contributed by atoms with Gasteiger partial charge in [0.2, 0.25) is 0 Å². The molecule has 2 aromatic carbocycles. The highest BCUT2D eigenvalue weighted by Gasteiger charge is 2.09. The van der Waals surface area contributed by atoms with Crippen molar-refractivity contribution in [3.63, 3.8) is 0 Å². The van der Waals surface area contributed by atoms with Gasteiger partial charge in [0, 0.05) is 5.56 Å². The number of hydrogen-bond donors (Lipinski definition) is 2. The summed E-state index contributed by atoms with van der Waals surface area (Å²) in [5.74, 6) is 0.0555. The summed E-state index contributed by atoms with van der Waals surface area (Å²) in [5.41, 5.74) is 0.568. The van der Waals surface area contributed by atoms with Gasteiger partial charge in [0.1, 0.15) is 11.5 Å². The van der Waals surface area contributed by atoms with Crippen LogP contribution in [0.4, 0.5) is 0 Å². The van der Waals surface area contributed by atoms with Crippen LogP contribution in [0, 0.1) is 0 Å². The number of aliphatic hydroxyl groups is 1. The molecule has 0 bridgehead atoms. The van der Waals surface area contributed by atoms with E-state index in [1.807, 2.05) is 18.2 Å². The van der Waals surface area contributed by atoms with E-state index in [1.165, 1.54) is 12.1 Å². The maximum Gasteiger partial charge on any atom is 0.335 e. The molecular weight excluding hydrogens is 232 g/mol. The molecule has 0 saturated carbocycles. The van der Waals surface area contributed by atoms with Crippen LogP contribution in [0.5, 0.6) is 11.5 Å². The Kier molecular flexibility index (Phi) is 3.60. The lowest BCUT2D eigenvalue weighted by Gasteiger charge is -2.10. The van der Waals surface area contributed by atoms with Crippen LogP contribution < -0.4 is 4.74 Å². The number of ether oxygens (including phenoxy) is 1. The van der Waals surface area contributed by atoms with Crippen LogP contribution >= 0.6 is 0 Å². The van der Waals surface area contributed by atoms with Gasteiger partial charge < -0.3 is 14.9 Å². The van der Waals surface area contributed by atoms with E-state index in [0.717, 1.165) is 0 Å². The molecule has 0 heterocycles. The van der Waals surface area contributed by atoms with Crippen molar-refractivity contribution < 1.29 is 19.7 Å². The van der Waals surface area contributed by atoms with Gasteiger partial charge in [-0.3, -0.25) is 0 Å².